The Morgan fingerprint density at radius 1 is 1.42 bits per heavy atom. The number of carbonyl (C=O) groups is 1. The van der Waals surface area contributed by atoms with Crippen LogP contribution in [0.1, 0.15) is 29.9 Å². The van der Waals surface area contributed by atoms with Crippen molar-refractivity contribution < 1.29 is 9.32 Å². The molecule has 0 spiro atoms. The topological polar surface area (TPSA) is 72.4 Å². The van der Waals surface area contributed by atoms with Gasteiger partial charge in [-0.2, -0.15) is 0 Å². The summed E-state index contributed by atoms with van der Waals surface area (Å²) in [5.74, 6) is 2.05. The van der Waals surface area contributed by atoms with Crippen LogP contribution in [0.25, 0.3) is 0 Å². The van der Waals surface area contributed by atoms with Crippen LogP contribution in [0.15, 0.2) is 4.52 Å². The van der Waals surface area contributed by atoms with Crippen molar-refractivity contribution in [2.45, 2.75) is 39.2 Å². The highest BCUT2D eigenvalue weighted by Crippen LogP contribution is 2.37. The van der Waals surface area contributed by atoms with Gasteiger partial charge < -0.3 is 15.2 Å². The van der Waals surface area contributed by atoms with Crippen molar-refractivity contribution in [1.29, 1.82) is 0 Å². The highest BCUT2D eigenvalue weighted by atomic mass is 16.5. The highest BCUT2D eigenvalue weighted by Gasteiger charge is 2.42. The van der Waals surface area contributed by atoms with E-state index >= 15 is 0 Å². The Bertz CT molecular complexity index is 477. The molecule has 2 heterocycles. The summed E-state index contributed by atoms with van der Waals surface area (Å²) in [6.07, 6.45) is 2.68. The molecule has 1 aliphatic carbocycles. The van der Waals surface area contributed by atoms with Crippen LogP contribution >= 0.6 is 0 Å². The molecule has 1 saturated carbocycles. The Hall–Kier alpha value is -1.36. The molecule has 1 aromatic rings. The Balaban J connectivity index is 1.66. The van der Waals surface area contributed by atoms with Gasteiger partial charge in [0.05, 0.1) is 12.1 Å². The van der Waals surface area contributed by atoms with Crippen LogP contribution in [-0.2, 0) is 11.2 Å². The minimum Gasteiger partial charge on any atom is -0.361 e. The lowest BCUT2D eigenvalue weighted by atomic mass is 9.98. The lowest BCUT2D eigenvalue weighted by molar-refractivity contribution is -0.129. The minimum atomic E-state index is 0.177. The highest BCUT2D eigenvalue weighted by molar-refractivity contribution is 5.79. The van der Waals surface area contributed by atoms with Crippen molar-refractivity contribution in [3.63, 3.8) is 0 Å². The quantitative estimate of drug-likeness (QED) is 0.865. The molecular weight excluding hydrogens is 242 g/mol. The van der Waals surface area contributed by atoms with Crippen molar-refractivity contribution in [3.8, 4) is 0 Å². The first-order chi connectivity index (χ1) is 9.06. The van der Waals surface area contributed by atoms with Gasteiger partial charge in [-0.3, -0.25) is 4.79 Å². The molecule has 5 heteroatoms. The van der Waals surface area contributed by atoms with Crippen molar-refractivity contribution in [1.82, 2.24) is 10.1 Å². The van der Waals surface area contributed by atoms with Crippen molar-refractivity contribution >= 4 is 5.91 Å². The van der Waals surface area contributed by atoms with Crippen LogP contribution in [0, 0.1) is 25.7 Å². The summed E-state index contributed by atoms with van der Waals surface area (Å²) in [5.41, 5.74) is 7.86. The smallest absolute Gasteiger partial charge is 0.227 e. The van der Waals surface area contributed by atoms with E-state index in [1.165, 1.54) is 6.42 Å². The Morgan fingerprint density at radius 2 is 2.21 bits per heavy atom. The first-order valence-corrected chi connectivity index (χ1v) is 7.01. The van der Waals surface area contributed by atoms with Crippen molar-refractivity contribution in [2.24, 2.45) is 17.6 Å². The van der Waals surface area contributed by atoms with E-state index in [9.17, 15) is 4.79 Å². The number of carbonyl (C=O) groups excluding carboxylic acids is 1. The molecule has 1 saturated heterocycles. The fourth-order valence-corrected chi connectivity index (χ4v) is 3.53. The summed E-state index contributed by atoms with van der Waals surface area (Å²) in [6.45, 7) is 5.44. The van der Waals surface area contributed by atoms with E-state index < -0.39 is 0 Å². The third kappa shape index (κ3) is 2.16. The zero-order valence-electron chi connectivity index (χ0n) is 11.6. The van der Waals surface area contributed by atoms with E-state index in [1.54, 1.807) is 0 Å². The van der Waals surface area contributed by atoms with E-state index in [0.29, 0.717) is 18.3 Å². The molecule has 0 bridgehead atoms. The molecule has 1 aromatic heterocycles. The average Bonchev–Trinajstić information content (AvgIpc) is 3.02. The van der Waals surface area contributed by atoms with Gasteiger partial charge in [-0.1, -0.05) is 5.16 Å². The number of nitrogens with zero attached hydrogens (tertiary/aromatic N) is 2. The average molecular weight is 263 g/mol. The second kappa shape index (κ2) is 4.63. The maximum atomic E-state index is 12.4. The number of amides is 1. The van der Waals surface area contributed by atoms with E-state index in [1.807, 2.05) is 18.7 Å². The molecule has 1 amide bonds. The van der Waals surface area contributed by atoms with E-state index in [-0.39, 0.29) is 11.9 Å². The number of aromatic nitrogens is 1. The third-order valence-electron chi connectivity index (χ3n) is 4.77. The van der Waals surface area contributed by atoms with Crippen molar-refractivity contribution in [2.75, 3.05) is 13.1 Å². The fraction of sp³-hybridized carbons (Fsp3) is 0.714. The zero-order chi connectivity index (χ0) is 13.6. The van der Waals surface area contributed by atoms with E-state index in [4.69, 9.17) is 10.3 Å². The van der Waals surface area contributed by atoms with Gasteiger partial charge in [0.15, 0.2) is 0 Å². The molecule has 2 aliphatic rings. The van der Waals surface area contributed by atoms with Crippen LogP contribution in [0.3, 0.4) is 0 Å². The summed E-state index contributed by atoms with van der Waals surface area (Å²) >= 11 is 0. The van der Waals surface area contributed by atoms with Crippen LogP contribution < -0.4 is 5.73 Å². The standard InChI is InChI=1S/C14H21N3O2/c1-8-11(9(2)19-16-8)5-14(18)17-6-10-3-4-13(15)12(10)7-17/h10,12-13H,3-7,15H2,1-2H3. The molecule has 3 rings (SSSR count). The van der Waals surface area contributed by atoms with Gasteiger partial charge >= 0.3 is 0 Å². The van der Waals surface area contributed by atoms with Gasteiger partial charge in [-0.25, -0.2) is 0 Å². The van der Waals surface area contributed by atoms with Gasteiger partial charge in [0.2, 0.25) is 5.91 Å². The van der Waals surface area contributed by atoms with Crippen LogP contribution in [0.2, 0.25) is 0 Å². The Morgan fingerprint density at radius 3 is 2.84 bits per heavy atom. The van der Waals surface area contributed by atoms with Crippen LogP contribution in [0.5, 0.6) is 0 Å². The number of nitrogens with two attached hydrogens (primary N) is 1. The fourth-order valence-electron chi connectivity index (χ4n) is 3.53. The predicted octanol–water partition coefficient (Wildman–Crippen LogP) is 1.03. The molecule has 1 aliphatic heterocycles. The number of hydrogen-bond acceptors (Lipinski definition) is 4. The SMILES string of the molecule is Cc1noc(C)c1CC(=O)N1CC2CCC(N)C2C1. The van der Waals surface area contributed by atoms with E-state index in [0.717, 1.165) is 36.5 Å². The number of hydrogen-bond donors (Lipinski definition) is 1. The zero-order valence-corrected chi connectivity index (χ0v) is 11.6. The Kier molecular flexibility index (Phi) is 3.09. The molecule has 19 heavy (non-hydrogen) atoms. The summed E-state index contributed by atoms with van der Waals surface area (Å²) in [7, 11) is 0. The molecule has 2 N–H and O–H groups in total. The van der Waals surface area contributed by atoms with Crippen molar-refractivity contribution in [3.05, 3.63) is 17.0 Å². The molecular formula is C14H21N3O2. The molecule has 104 valence electrons. The second-order valence-corrected chi connectivity index (χ2v) is 5.94. The summed E-state index contributed by atoms with van der Waals surface area (Å²) in [6, 6.07) is 0.280. The third-order valence-corrected chi connectivity index (χ3v) is 4.77. The van der Waals surface area contributed by atoms with Crippen LogP contribution in [0.4, 0.5) is 0 Å². The minimum absolute atomic E-state index is 0.177. The van der Waals surface area contributed by atoms with Gasteiger partial charge in [0, 0.05) is 24.7 Å². The second-order valence-electron chi connectivity index (χ2n) is 5.94. The van der Waals surface area contributed by atoms with Gasteiger partial charge in [-0.15, -0.1) is 0 Å². The largest absolute Gasteiger partial charge is 0.361 e. The molecule has 2 fully saturated rings. The lowest BCUT2D eigenvalue weighted by Crippen LogP contribution is -2.34. The summed E-state index contributed by atoms with van der Waals surface area (Å²) in [5, 5.41) is 3.90. The molecule has 3 atom stereocenters. The van der Waals surface area contributed by atoms with E-state index in [2.05, 4.69) is 5.16 Å². The number of rotatable bonds is 2. The number of likely N-dealkylation sites (tertiary alicyclic amines) is 1. The molecule has 5 nitrogen and oxygen atoms in total. The number of fused-ring (bicyclic) bond motifs is 1. The summed E-state index contributed by atoms with van der Waals surface area (Å²) < 4.78 is 5.11. The van der Waals surface area contributed by atoms with Crippen LogP contribution in [-0.4, -0.2) is 35.1 Å². The maximum absolute atomic E-state index is 12.4. The van der Waals surface area contributed by atoms with Gasteiger partial charge in [0.1, 0.15) is 5.76 Å². The first kappa shape index (κ1) is 12.7. The normalized spacial score (nSPS) is 29.8. The monoisotopic (exact) mass is 263 g/mol. The maximum Gasteiger partial charge on any atom is 0.227 e. The molecule has 0 radical (unpaired) electrons. The summed E-state index contributed by atoms with van der Waals surface area (Å²) in [4.78, 5) is 14.3. The Labute approximate surface area is 113 Å². The van der Waals surface area contributed by atoms with Gasteiger partial charge in [0.25, 0.3) is 0 Å². The molecule has 0 aromatic carbocycles. The predicted molar refractivity (Wildman–Crippen MR) is 70.5 cm³/mol. The first-order valence-electron chi connectivity index (χ1n) is 7.01. The lowest BCUT2D eigenvalue weighted by Gasteiger charge is -2.18. The molecule has 3 unspecified atom stereocenters. The number of aryl methyl sites for hydroxylation is 2. The van der Waals surface area contributed by atoms with Gasteiger partial charge in [-0.05, 0) is 38.5 Å².